The van der Waals surface area contributed by atoms with Gasteiger partial charge in [-0.1, -0.05) is 42.5 Å². The Morgan fingerprint density at radius 1 is 1.25 bits per heavy atom. The maximum absolute atomic E-state index is 9.81. The molecule has 3 heteroatoms. The van der Waals surface area contributed by atoms with Gasteiger partial charge < -0.3 is 14.6 Å². The highest BCUT2D eigenvalue weighted by Gasteiger charge is 2.02. The second-order valence-corrected chi connectivity index (χ2v) is 3.41. The molecular formula is C13H18O3. The average molecular weight is 222 g/mol. The molecule has 0 bridgehead atoms. The summed E-state index contributed by atoms with van der Waals surface area (Å²) in [6.07, 6.45) is 3.94. The van der Waals surface area contributed by atoms with Gasteiger partial charge in [0.1, 0.15) is 6.79 Å². The van der Waals surface area contributed by atoms with Gasteiger partial charge in [0, 0.05) is 7.11 Å². The van der Waals surface area contributed by atoms with Crippen molar-refractivity contribution in [3.63, 3.8) is 0 Å². The van der Waals surface area contributed by atoms with Gasteiger partial charge in [-0.15, -0.1) is 0 Å². The summed E-state index contributed by atoms with van der Waals surface area (Å²) >= 11 is 0. The summed E-state index contributed by atoms with van der Waals surface area (Å²) in [4.78, 5) is 0. The molecule has 1 rings (SSSR count). The predicted molar refractivity (Wildman–Crippen MR) is 63.0 cm³/mol. The van der Waals surface area contributed by atoms with E-state index in [1.54, 1.807) is 7.11 Å². The zero-order valence-electron chi connectivity index (χ0n) is 9.50. The molecule has 0 aliphatic rings. The van der Waals surface area contributed by atoms with Gasteiger partial charge in [0.05, 0.1) is 12.7 Å². The van der Waals surface area contributed by atoms with Gasteiger partial charge in [-0.25, -0.2) is 0 Å². The van der Waals surface area contributed by atoms with Crippen LogP contribution in [0, 0.1) is 0 Å². The number of ether oxygens (including phenoxy) is 2. The lowest BCUT2D eigenvalue weighted by atomic mass is 10.1. The van der Waals surface area contributed by atoms with E-state index in [4.69, 9.17) is 9.47 Å². The number of aliphatic hydroxyl groups excluding tert-OH is 1. The fraction of sp³-hybridized carbons (Fsp3) is 0.385. The van der Waals surface area contributed by atoms with Crippen LogP contribution < -0.4 is 0 Å². The Kier molecular flexibility index (Phi) is 6.49. The molecule has 0 saturated heterocycles. The maximum Gasteiger partial charge on any atom is 0.146 e. The molecule has 0 amide bonds. The molecule has 1 atom stereocenters. The summed E-state index contributed by atoms with van der Waals surface area (Å²) in [7, 11) is 1.59. The van der Waals surface area contributed by atoms with Crippen molar-refractivity contribution in [1.82, 2.24) is 0 Å². The first kappa shape index (κ1) is 12.9. The minimum absolute atomic E-state index is 0.297. The van der Waals surface area contributed by atoms with Gasteiger partial charge in [-0.2, -0.15) is 0 Å². The Labute approximate surface area is 96.3 Å². The van der Waals surface area contributed by atoms with E-state index in [-0.39, 0.29) is 0 Å². The minimum Gasteiger partial charge on any atom is -0.388 e. The quantitative estimate of drug-likeness (QED) is 0.437. The minimum atomic E-state index is -0.445. The second kappa shape index (κ2) is 8.05. The highest BCUT2D eigenvalue weighted by molar-refractivity contribution is 5.17. The first-order chi connectivity index (χ1) is 7.84. The second-order valence-electron chi connectivity index (χ2n) is 3.41. The monoisotopic (exact) mass is 222 g/mol. The third-order valence-electron chi connectivity index (χ3n) is 2.13. The van der Waals surface area contributed by atoms with Gasteiger partial charge in [0.15, 0.2) is 0 Å². The van der Waals surface area contributed by atoms with Crippen LogP contribution in [-0.2, 0) is 9.47 Å². The molecule has 0 saturated carbocycles. The van der Waals surface area contributed by atoms with Crippen LogP contribution in [0.1, 0.15) is 18.1 Å². The normalized spacial score (nSPS) is 13.1. The van der Waals surface area contributed by atoms with Crippen LogP contribution in [0.25, 0.3) is 0 Å². The van der Waals surface area contributed by atoms with Crippen molar-refractivity contribution < 1.29 is 14.6 Å². The van der Waals surface area contributed by atoms with Crippen molar-refractivity contribution in [3.05, 3.63) is 48.0 Å². The molecule has 0 aromatic heterocycles. The first-order valence-electron chi connectivity index (χ1n) is 5.29. The van der Waals surface area contributed by atoms with Crippen molar-refractivity contribution in [1.29, 1.82) is 0 Å². The predicted octanol–water partition coefficient (Wildman–Crippen LogP) is 2.29. The number of aliphatic hydroxyl groups is 1. The van der Waals surface area contributed by atoms with Crippen molar-refractivity contribution >= 4 is 0 Å². The highest BCUT2D eigenvalue weighted by atomic mass is 16.7. The third kappa shape index (κ3) is 5.07. The van der Waals surface area contributed by atoms with E-state index in [0.29, 0.717) is 19.8 Å². The van der Waals surface area contributed by atoms with Crippen molar-refractivity contribution in [2.75, 3.05) is 20.5 Å². The summed E-state index contributed by atoms with van der Waals surface area (Å²) in [5.74, 6) is 0. The van der Waals surface area contributed by atoms with E-state index in [2.05, 4.69) is 0 Å². The zero-order valence-corrected chi connectivity index (χ0v) is 9.50. The zero-order chi connectivity index (χ0) is 11.6. The molecular weight excluding hydrogens is 204 g/mol. The molecule has 0 aliphatic carbocycles. The highest BCUT2D eigenvalue weighted by Crippen LogP contribution is 2.15. The Bertz CT molecular complexity index is 295. The fourth-order valence-electron chi connectivity index (χ4n) is 1.30. The molecule has 0 fully saturated rings. The van der Waals surface area contributed by atoms with Crippen LogP contribution in [0.2, 0.25) is 0 Å². The van der Waals surface area contributed by atoms with E-state index in [9.17, 15) is 5.11 Å². The van der Waals surface area contributed by atoms with Crippen molar-refractivity contribution in [3.8, 4) is 0 Å². The van der Waals surface area contributed by atoms with E-state index < -0.39 is 6.10 Å². The SMILES string of the molecule is COCOC/C=C/CC(O)c1ccccc1. The van der Waals surface area contributed by atoms with Crippen LogP contribution in [0.15, 0.2) is 42.5 Å². The number of benzene rings is 1. The van der Waals surface area contributed by atoms with E-state index in [1.807, 2.05) is 42.5 Å². The van der Waals surface area contributed by atoms with Gasteiger partial charge in [-0.3, -0.25) is 0 Å². The summed E-state index contributed by atoms with van der Waals surface area (Å²) in [5, 5.41) is 9.81. The summed E-state index contributed by atoms with van der Waals surface area (Å²) < 4.78 is 9.81. The number of hydrogen-bond donors (Lipinski definition) is 1. The molecule has 1 unspecified atom stereocenters. The van der Waals surface area contributed by atoms with E-state index >= 15 is 0 Å². The molecule has 3 nitrogen and oxygen atoms in total. The Morgan fingerprint density at radius 2 is 2.00 bits per heavy atom. The Hall–Kier alpha value is -1.16. The largest absolute Gasteiger partial charge is 0.388 e. The van der Waals surface area contributed by atoms with Crippen LogP contribution in [0.3, 0.4) is 0 Å². The Balaban J connectivity index is 2.22. The van der Waals surface area contributed by atoms with Crippen molar-refractivity contribution in [2.45, 2.75) is 12.5 Å². The topological polar surface area (TPSA) is 38.7 Å². The van der Waals surface area contributed by atoms with Gasteiger partial charge in [0.2, 0.25) is 0 Å². The van der Waals surface area contributed by atoms with Crippen LogP contribution >= 0.6 is 0 Å². The standard InChI is InChI=1S/C13H18O3/c1-15-11-16-10-6-5-9-13(14)12-7-3-2-4-8-12/h2-8,13-14H,9-11H2,1H3/b6-5+. The summed E-state index contributed by atoms with van der Waals surface area (Å²) in [6, 6.07) is 9.61. The molecule has 0 spiro atoms. The van der Waals surface area contributed by atoms with Gasteiger partial charge in [0.25, 0.3) is 0 Å². The molecule has 88 valence electrons. The lowest BCUT2D eigenvalue weighted by Crippen LogP contribution is -1.97. The molecule has 0 aliphatic heterocycles. The third-order valence-corrected chi connectivity index (χ3v) is 2.13. The summed E-state index contributed by atoms with van der Waals surface area (Å²) in [5.41, 5.74) is 0.935. The fourth-order valence-corrected chi connectivity index (χ4v) is 1.30. The molecule has 0 heterocycles. The Morgan fingerprint density at radius 3 is 2.69 bits per heavy atom. The molecule has 0 radical (unpaired) electrons. The smallest absolute Gasteiger partial charge is 0.146 e. The average Bonchev–Trinajstić information content (AvgIpc) is 2.34. The summed E-state index contributed by atoms with van der Waals surface area (Å²) in [6.45, 7) is 0.806. The van der Waals surface area contributed by atoms with E-state index in [0.717, 1.165) is 5.56 Å². The van der Waals surface area contributed by atoms with Crippen LogP contribution in [0.4, 0.5) is 0 Å². The van der Waals surface area contributed by atoms with Crippen LogP contribution in [-0.4, -0.2) is 25.6 Å². The number of rotatable bonds is 7. The van der Waals surface area contributed by atoms with Crippen molar-refractivity contribution in [2.24, 2.45) is 0 Å². The lowest BCUT2D eigenvalue weighted by Gasteiger charge is -2.07. The number of methoxy groups -OCH3 is 1. The van der Waals surface area contributed by atoms with Gasteiger partial charge in [-0.05, 0) is 12.0 Å². The lowest BCUT2D eigenvalue weighted by molar-refractivity contribution is -0.0187. The number of hydrogen-bond acceptors (Lipinski definition) is 3. The van der Waals surface area contributed by atoms with Gasteiger partial charge >= 0.3 is 0 Å². The van der Waals surface area contributed by atoms with E-state index in [1.165, 1.54) is 0 Å². The molecule has 1 aromatic carbocycles. The first-order valence-corrected chi connectivity index (χ1v) is 5.29. The molecule has 1 N–H and O–H groups in total. The molecule has 16 heavy (non-hydrogen) atoms. The van der Waals surface area contributed by atoms with Crippen LogP contribution in [0.5, 0.6) is 0 Å². The maximum atomic E-state index is 9.81. The molecule has 1 aromatic rings.